The lowest BCUT2D eigenvalue weighted by molar-refractivity contribution is 0.0912. The van der Waals surface area contributed by atoms with Gasteiger partial charge in [0.15, 0.2) is 11.6 Å². The van der Waals surface area contributed by atoms with Crippen LogP contribution in [-0.4, -0.2) is 35.6 Å². The van der Waals surface area contributed by atoms with Gasteiger partial charge in [0.05, 0.1) is 0 Å². The highest BCUT2D eigenvalue weighted by atomic mass is 35.5. The molecule has 2 aromatic rings. The largest absolute Gasteiger partial charge is 0.487 e. The lowest BCUT2D eigenvalue weighted by Crippen LogP contribution is -2.40. The number of ether oxygens (including phenoxy) is 1. The number of nitrogens with zero attached hydrogens (tertiary/aromatic N) is 2. The number of halogens is 2. The second-order valence-corrected chi connectivity index (χ2v) is 6.52. The van der Waals surface area contributed by atoms with E-state index in [1.165, 1.54) is 6.07 Å². The third-order valence-corrected chi connectivity index (χ3v) is 4.14. The Bertz CT molecular complexity index is 642. The zero-order chi connectivity index (χ0) is 15.5. The van der Waals surface area contributed by atoms with Crippen molar-refractivity contribution in [3.8, 4) is 5.75 Å². The molecule has 0 amide bonds. The van der Waals surface area contributed by atoms with Gasteiger partial charge in [0, 0.05) is 37.4 Å². The van der Waals surface area contributed by atoms with Crippen molar-refractivity contribution in [3.05, 3.63) is 36.4 Å². The molecule has 0 unspecified atom stereocenters. The molecule has 0 N–H and O–H groups in total. The maximum absolute atomic E-state index is 14.2. The molecule has 2 heterocycles. The molecule has 1 fully saturated rings. The first kappa shape index (κ1) is 18.0. The van der Waals surface area contributed by atoms with Crippen LogP contribution in [0.1, 0.15) is 26.7 Å². The van der Waals surface area contributed by atoms with Crippen LogP contribution in [-0.2, 0) is 0 Å². The number of benzene rings is 1. The highest BCUT2D eigenvalue weighted by molar-refractivity contribution is 5.85. The summed E-state index contributed by atoms with van der Waals surface area (Å²) in [7, 11) is 0. The van der Waals surface area contributed by atoms with Crippen LogP contribution < -0.4 is 4.74 Å². The predicted octanol–water partition coefficient (Wildman–Crippen LogP) is 4.29. The number of aromatic nitrogens is 1. The average molecular weight is 339 g/mol. The number of pyridine rings is 1. The van der Waals surface area contributed by atoms with E-state index >= 15 is 0 Å². The van der Waals surface area contributed by atoms with E-state index in [0.717, 1.165) is 43.2 Å². The minimum atomic E-state index is -0.301. The van der Waals surface area contributed by atoms with Crippen LogP contribution >= 0.6 is 12.4 Å². The van der Waals surface area contributed by atoms with Gasteiger partial charge in [-0.2, -0.15) is 0 Å². The Hall–Kier alpha value is -1.39. The van der Waals surface area contributed by atoms with Crippen LogP contribution in [0, 0.1) is 11.7 Å². The Kier molecular flexibility index (Phi) is 6.19. The van der Waals surface area contributed by atoms with Gasteiger partial charge >= 0.3 is 0 Å². The normalized spacial score (nSPS) is 16.5. The fourth-order valence-corrected chi connectivity index (χ4v) is 3.08. The monoisotopic (exact) mass is 338 g/mol. The number of hydrogen-bond acceptors (Lipinski definition) is 3. The van der Waals surface area contributed by atoms with Crippen molar-refractivity contribution in [2.75, 3.05) is 19.6 Å². The van der Waals surface area contributed by atoms with Gasteiger partial charge in [-0.05, 0) is 42.3 Å². The summed E-state index contributed by atoms with van der Waals surface area (Å²) in [6.07, 6.45) is 5.42. The number of rotatable bonds is 4. The Morgan fingerprint density at radius 3 is 2.70 bits per heavy atom. The summed E-state index contributed by atoms with van der Waals surface area (Å²) >= 11 is 0. The van der Waals surface area contributed by atoms with Crippen LogP contribution in [0.15, 0.2) is 30.6 Å². The summed E-state index contributed by atoms with van der Waals surface area (Å²) < 4.78 is 20.1. The van der Waals surface area contributed by atoms with Crippen LogP contribution in [0.3, 0.4) is 0 Å². The number of fused-ring (bicyclic) bond motifs is 1. The lowest BCUT2D eigenvalue weighted by atomic mass is 10.1. The van der Waals surface area contributed by atoms with Gasteiger partial charge in [0.1, 0.15) is 6.10 Å². The summed E-state index contributed by atoms with van der Waals surface area (Å²) in [5, 5.41) is 1.77. The van der Waals surface area contributed by atoms with Crippen LogP contribution in [0.5, 0.6) is 5.75 Å². The van der Waals surface area contributed by atoms with E-state index in [4.69, 9.17) is 4.74 Å². The summed E-state index contributed by atoms with van der Waals surface area (Å²) in [6.45, 7) is 7.66. The van der Waals surface area contributed by atoms with Crippen molar-refractivity contribution in [1.29, 1.82) is 0 Å². The first-order valence-corrected chi connectivity index (χ1v) is 8.04. The maximum atomic E-state index is 14.2. The molecule has 0 aliphatic carbocycles. The molecule has 23 heavy (non-hydrogen) atoms. The highest BCUT2D eigenvalue weighted by Gasteiger charge is 2.22. The van der Waals surface area contributed by atoms with Crippen molar-refractivity contribution in [1.82, 2.24) is 9.88 Å². The molecule has 1 aliphatic heterocycles. The van der Waals surface area contributed by atoms with Crippen LogP contribution in [0.4, 0.5) is 4.39 Å². The molecule has 1 saturated heterocycles. The molecule has 0 radical (unpaired) electrons. The number of hydrogen-bond donors (Lipinski definition) is 0. The van der Waals surface area contributed by atoms with Crippen molar-refractivity contribution in [2.24, 2.45) is 5.92 Å². The molecule has 3 rings (SSSR count). The third kappa shape index (κ3) is 4.55. The fraction of sp³-hybridized carbons (Fsp3) is 0.500. The summed E-state index contributed by atoms with van der Waals surface area (Å²) in [5.74, 6) is 0.745. The zero-order valence-electron chi connectivity index (χ0n) is 13.7. The smallest absolute Gasteiger partial charge is 0.165 e. The maximum Gasteiger partial charge on any atom is 0.165 e. The summed E-state index contributed by atoms with van der Waals surface area (Å²) in [4.78, 5) is 6.48. The van der Waals surface area contributed by atoms with Gasteiger partial charge in [-0.1, -0.05) is 13.8 Å². The molecule has 0 spiro atoms. The van der Waals surface area contributed by atoms with Crippen molar-refractivity contribution in [3.63, 3.8) is 0 Å². The molecular formula is C18H24ClFN2O. The lowest BCUT2D eigenvalue weighted by Gasteiger charge is -2.33. The Morgan fingerprint density at radius 1 is 1.26 bits per heavy atom. The summed E-state index contributed by atoms with van der Waals surface area (Å²) in [6, 6.07) is 5.17. The van der Waals surface area contributed by atoms with Crippen LogP contribution in [0.25, 0.3) is 10.8 Å². The van der Waals surface area contributed by atoms with Crippen molar-refractivity contribution >= 4 is 23.2 Å². The number of piperidine rings is 1. The molecule has 0 bridgehead atoms. The van der Waals surface area contributed by atoms with Gasteiger partial charge in [0.2, 0.25) is 0 Å². The quantitative estimate of drug-likeness (QED) is 0.831. The van der Waals surface area contributed by atoms with E-state index in [2.05, 4.69) is 23.7 Å². The Morgan fingerprint density at radius 2 is 2.00 bits per heavy atom. The zero-order valence-corrected chi connectivity index (χ0v) is 14.5. The van der Waals surface area contributed by atoms with E-state index in [1.54, 1.807) is 18.5 Å². The molecular weight excluding hydrogens is 315 g/mol. The topological polar surface area (TPSA) is 25.4 Å². The molecule has 3 nitrogen and oxygen atoms in total. The standard InChI is InChI=1S/C18H23FN2O.ClH/c1-13(2)12-21-7-4-16(5-8-21)22-18-10-14-3-6-20-11-15(14)9-17(18)19;/h3,6,9-11,13,16H,4-5,7-8,12H2,1-2H3;1H. The molecule has 0 atom stereocenters. The van der Waals surface area contributed by atoms with E-state index in [9.17, 15) is 4.39 Å². The van der Waals surface area contributed by atoms with Crippen molar-refractivity contribution in [2.45, 2.75) is 32.8 Å². The first-order chi connectivity index (χ1) is 10.6. The minimum Gasteiger partial charge on any atom is -0.487 e. The molecule has 1 aromatic carbocycles. The molecule has 5 heteroatoms. The van der Waals surface area contributed by atoms with Crippen LogP contribution in [0.2, 0.25) is 0 Å². The fourth-order valence-electron chi connectivity index (χ4n) is 3.08. The third-order valence-electron chi connectivity index (χ3n) is 4.14. The van der Waals surface area contributed by atoms with E-state index in [1.807, 2.05) is 6.07 Å². The molecule has 1 aliphatic rings. The SMILES string of the molecule is CC(C)CN1CCC(Oc2cc3ccncc3cc2F)CC1.Cl. The molecule has 0 saturated carbocycles. The second kappa shape index (κ2) is 7.93. The Balaban J connectivity index is 0.00000192. The molecule has 1 aromatic heterocycles. The summed E-state index contributed by atoms with van der Waals surface area (Å²) in [5.41, 5.74) is 0. The molecule has 126 valence electrons. The highest BCUT2D eigenvalue weighted by Crippen LogP contribution is 2.27. The van der Waals surface area contributed by atoms with Gasteiger partial charge in [-0.15, -0.1) is 12.4 Å². The first-order valence-electron chi connectivity index (χ1n) is 8.04. The van der Waals surface area contributed by atoms with Gasteiger partial charge in [0.25, 0.3) is 0 Å². The van der Waals surface area contributed by atoms with E-state index in [0.29, 0.717) is 11.7 Å². The van der Waals surface area contributed by atoms with E-state index in [-0.39, 0.29) is 24.3 Å². The van der Waals surface area contributed by atoms with Gasteiger partial charge in [-0.25, -0.2) is 4.39 Å². The van der Waals surface area contributed by atoms with Gasteiger partial charge in [-0.3, -0.25) is 4.98 Å². The predicted molar refractivity (Wildman–Crippen MR) is 93.9 cm³/mol. The Labute approximate surface area is 143 Å². The number of likely N-dealkylation sites (tertiary alicyclic amines) is 1. The van der Waals surface area contributed by atoms with Gasteiger partial charge < -0.3 is 9.64 Å². The minimum absolute atomic E-state index is 0. The van der Waals surface area contributed by atoms with Crippen molar-refractivity contribution < 1.29 is 9.13 Å². The van der Waals surface area contributed by atoms with E-state index < -0.39 is 0 Å². The average Bonchev–Trinajstić information content (AvgIpc) is 2.49. The second-order valence-electron chi connectivity index (χ2n) is 6.52.